The van der Waals surface area contributed by atoms with E-state index in [0.717, 1.165) is 18.5 Å². The second-order valence-electron chi connectivity index (χ2n) is 7.77. The van der Waals surface area contributed by atoms with Crippen molar-refractivity contribution in [1.82, 2.24) is 19.6 Å². The van der Waals surface area contributed by atoms with Gasteiger partial charge in [-0.2, -0.15) is 0 Å². The van der Waals surface area contributed by atoms with Crippen LogP contribution in [0.5, 0.6) is 0 Å². The Morgan fingerprint density at radius 1 is 0.957 bits per heavy atom. The molecular formula is C19H40N4. The largest absolute Gasteiger partial charge is 0.305 e. The fourth-order valence-electron chi connectivity index (χ4n) is 3.87. The summed E-state index contributed by atoms with van der Waals surface area (Å²) in [6, 6.07) is 0.778. The van der Waals surface area contributed by atoms with Crippen molar-refractivity contribution in [2.75, 3.05) is 72.5 Å². The van der Waals surface area contributed by atoms with Gasteiger partial charge in [0.15, 0.2) is 0 Å². The number of piperazine rings is 1. The zero-order chi connectivity index (χ0) is 16.7. The molecular weight excluding hydrogens is 284 g/mol. The summed E-state index contributed by atoms with van der Waals surface area (Å²) in [4.78, 5) is 10.5. The van der Waals surface area contributed by atoms with Gasteiger partial charge < -0.3 is 14.7 Å². The maximum absolute atomic E-state index is 2.73. The van der Waals surface area contributed by atoms with E-state index in [1.807, 2.05) is 0 Å². The number of nitrogens with zero attached hydrogens (tertiary/aromatic N) is 4. The Kier molecular flexibility index (Phi) is 8.31. The maximum Gasteiger partial charge on any atom is 0.0110 e. The van der Waals surface area contributed by atoms with Crippen LogP contribution in [0.3, 0.4) is 0 Å². The van der Waals surface area contributed by atoms with E-state index >= 15 is 0 Å². The van der Waals surface area contributed by atoms with Crippen LogP contribution in [0.4, 0.5) is 0 Å². The van der Waals surface area contributed by atoms with Crippen molar-refractivity contribution in [2.24, 2.45) is 5.92 Å². The highest BCUT2D eigenvalue weighted by molar-refractivity contribution is 4.80. The van der Waals surface area contributed by atoms with Crippen LogP contribution in [0, 0.1) is 5.92 Å². The quantitative estimate of drug-likeness (QED) is 0.677. The molecule has 1 atom stereocenters. The summed E-state index contributed by atoms with van der Waals surface area (Å²) >= 11 is 0. The molecule has 0 bridgehead atoms. The molecule has 0 aromatic heterocycles. The molecule has 0 aliphatic carbocycles. The summed E-state index contributed by atoms with van der Waals surface area (Å²) in [5.74, 6) is 0.938. The highest BCUT2D eigenvalue weighted by Crippen LogP contribution is 2.21. The van der Waals surface area contributed by atoms with Gasteiger partial charge in [-0.25, -0.2) is 0 Å². The number of likely N-dealkylation sites (tertiary alicyclic amines) is 1. The maximum atomic E-state index is 2.73. The predicted molar refractivity (Wildman–Crippen MR) is 100 cm³/mol. The van der Waals surface area contributed by atoms with E-state index in [1.165, 1.54) is 78.2 Å². The van der Waals surface area contributed by atoms with Gasteiger partial charge in [-0.1, -0.05) is 13.8 Å². The normalized spacial score (nSPS) is 24.4. The average molecular weight is 325 g/mol. The molecule has 2 aliphatic rings. The third kappa shape index (κ3) is 6.33. The molecule has 1 unspecified atom stereocenters. The molecule has 0 N–H and O–H groups in total. The van der Waals surface area contributed by atoms with Gasteiger partial charge in [0.25, 0.3) is 0 Å². The van der Waals surface area contributed by atoms with Gasteiger partial charge in [0.2, 0.25) is 0 Å². The first-order valence-electron chi connectivity index (χ1n) is 9.99. The van der Waals surface area contributed by atoms with E-state index < -0.39 is 0 Å². The van der Waals surface area contributed by atoms with Crippen molar-refractivity contribution in [3.05, 3.63) is 0 Å². The Morgan fingerprint density at radius 3 is 2.13 bits per heavy atom. The third-order valence-corrected chi connectivity index (χ3v) is 6.18. The molecule has 4 nitrogen and oxygen atoms in total. The van der Waals surface area contributed by atoms with Crippen LogP contribution >= 0.6 is 0 Å². The van der Waals surface area contributed by atoms with Crippen molar-refractivity contribution in [2.45, 2.75) is 46.1 Å². The van der Waals surface area contributed by atoms with E-state index in [-0.39, 0.29) is 0 Å². The van der Waals surface area contributed by atoms with Gasteiger partial charge in [-0.05, 0) is 58.8 Å². The van der Waals surface area contributed by atoms with Gasteiger partial charge in [0, 0.05) is 51.9 Å². The lowest BCUT2D eigenvalue weighted by Crippen LogP contribution is -2.50. The van der Waals surface area contributed by atoms with Crippen molar-refractivity contribution < 1.29 is 0 Å². The number of hydrogen-bond donors (Lipinski definition) is 0. The first-order chi connectivity index (χ1) is 11.1. The van der Waals surface area contributed by atoms with Gasteiger partial charge in [0.1, 0.15) is 0 Å². The first-order valence-corrected chi connectivity index (χ1v) is 9.99. The Bertz CT molecular complexity index is 306. The summed E-state index contributed by atoms with van der Waals surface area (Å²) in [5.41, 5.74) is 0. The van der Waals surface area contributed by atoms with E-state index in [0.29, 0.717) is 0 Å². The summed E-state index contributed by atoms with van der Waals surface area (Å²) in [5, 5.41) is 0. The Labute approximate surface area is 144 Å². The predicted octanol–water partition coefficient (Wildman–Crippen LogP) is 2.07. The topological polar surface area (TPSA) is 13.0 Å². The zero-order valence-electron chi connectivity index (χ0n) is 16.1. The average Bonchev–Trinajstić information content (AvgIpc) is 2.60. The summed E-state index contributed by atoms with van der Waals surface area (Å²) in [6.45, 7) is 19.6. The molecule has 136 valence electrons. The monoisotopic (exact) mass is 324 g/mol. The fourth-order valence-corrected chi connectivity index (χ4v) is 3.87. The van der Waals surface area contributed by atoms with Crippen LogP contribution in [0.15, 0.2) is 0 Å². The third-order valence-electron chi connectivity index (χ3n) is 6.18. The standard InChI is InChI=1S/C19H40N4/c1-5-18(3)23-9-7-19(8-10-23)17-22-15-13-21(14-16-22)12-11-20(4)6-2/h18-19H,5-17H2,1-4H3. The number of piperidine rings is 1. The van der Waals surface area contributed by atoms with Crippen LogP contribution < -0.4 is 0 Å². The second kappa shape index (κ2) is 9.97. The fraction of sp³-hybridized carbons (Fsp3) is 1.00. The molecule has 0 aromatic carbocycles. The second-order valence-corrected chi connectivity index (χ2v) is 7.77. The molecule has 2 rings (SSSR count). The van der Waals surface area contributed by atoms with Crippen molar-refractivity contribution in [3.8, 4) is 0 Å². The Balaban J connectivity index is 1.60. The number of likely N-dealkylation sites (N-methyl/N-ethyl adjacent to an activating group) is 1. The minimum atomic E-state index is 0.778. The lowest BCUT2D eigenvalue weighted by molar-refractivity contribution is 0.0813. The molecule has 2 saturated heterocycles. The van der Waals surface area contributed by atoms with Crippen molar-refractivity contribution in [3.63, 3.8) is 0 Å². The van der Waals surface area contributed by atoms with E-state index in [1.54, 1.807) is 0 Å². The SMILES string of the molecule is CCC(C)N1CCC(CN2CCN(CCN(C)CC)CC2)CC1. The van der Waals surface area contributed by atoms with Crippen molar-refractivity contribution in [1.29, 1.82) is 0 Å². The Hall–Kier alpha value is -0.160. The lowest BCUT2D eigenvalue weighted by atomic mass is 9.94. The van der Waals surface area contributed by atoms with E-state index in [4.69, 9.17) is 0 Å². The highest BCUT2D eigenvalue weighted by atomic mass is 15.3. The lowest BCUT2D eigenvalue weighted by Gasteiger charge is -2.40. The molecule has 23 heavy (non-hydrogen) atoms. The van der Waals surface area contributed by atoms with E-state index in [2.05, 4.69) is 47.4 Å². The van der Waals surface area contributed by atoms with Crippen molar-refractivity contribution >= 4 is 0 Å². The van der Waals surface area contributed by atoms with Gasteiger partial charge in [-0.15, -0.1) is 0 Å². The number of hydrogen-bond acceptors (Lipinski definition) is 4. The van der Waals surface area contributed by atoms with E-state index in [9.17, 15) is 0 Å². The minimum Gasteiger partial charge on any atom is -0.305 e. The molecule has 0 aromatic rings. The smallest absolute Gasteiger partial charge is 0.0110 e. The minimum absolute atomic E-state index is 0.778. The molecule has 4 heteroatoms. The van der Waals surface area contributed by atoms with Gasteiger partial charge >= 0.3 is 0 Å². The van der Waals surface area contributed by atoms with Crippen LogP contribution in [-0.4, -0.2) is 98.1 Å². The summed E-state index contributed by atoms with van der Waals surface area (Å²) < 4.78 is 0. The first kappa shape index (κ1) is 19.2. The summed E-state index contributed by atoms with van der Waals surface area (Å²) in [7, 11) is 2.22. The molecule has 2 heterocycles. The molecule has 0 spiro atoms. The van der Waals surface area contributed by atoms with Crippen LogP contribution in [0.2, 0.25) is 0 Å². The Morgan fingerprint density at radius 2 is 1.57 bits per heavy atom. The molecule has 0 saturated carbocycles. The highest BCUT2D eigenvalue weighted by Gasteiger charge is 2.25. The molecule has 2 fully saturated rings. The zero-order valence-corrected chi connectivity index (χ0v) is 16.1. The van der Waals surface area contributed by atoms with Crippen LogP contribution in [0.1, 0.15) is 40.0 Å². The molecule has 2 aliphatic heterocycles. The van der Waals surface area contributed by atoms with Crippen LogP contribution in [-0.2, 0) is 0 Å². The number of rotatable bonds is 8. The van der Waals surface area contributed by atoms with Gasteiger partial charge in [0.05, 0.1) is 0 Å². The van der Waals surface area contributed by atoms with Crippen LogP contribution in [0.25, 0.3) is 0 Å². The van der Waals surface area contributed by atoms with Gasteiger partial charge in [-0.3, -0.25) is 4.90 Å². The molecule has 0 radical (unpaired) electrons. The molecule has 0 amide bonds. The summed E-state index contributed by atoms with van der Waals surface area (Å²) in [6.07, 6.45) is 4.11.